The molecule has 0 aliphatic carbocycles. The van der Waals surface area contributed by atoms with E-state index < -0.39 is 12.1 Å². The van der Waals surface area contributed by atoms with Gasteiger partial charge in [-0.15, -0.1) is 0 Å². The van der Waals surface area contributed by atoms with E-state index in [4.69, 9.17) is 36.5 Å². The molecule has 10 nitrogen and oxygen atoms in total. The van der Waals surface area contributed by atoms with E-state index in [1.54, 1.807) is 6.92 Å². The smallest absolute Gasteiger partial charge is 0.352 e. The van der Waals surface area contributed by atoms with Gasteiger partial charge in [-0.3, -0.25) is 10.8 Å². The van der Waals surface area contributed by atoms with Crippen LogP contribution in [-0.2, 0) is 22.5 Å². The summed E-state index contributed by atoms with van der Waals surface area (Å²) in [5, 5.41) is 15.4. The van der Waals surface area contributed by atoms with E-state index in [2.05, 4.69) is 0 Å². The second-order valence-electron chi connectivity index (χ2n) is 9.35. The number of hydrogen-bond donors (Lipinski definition) is 4. The third kappa shape index (κ3) is 6.63. The molecule has 0 amide bonds. The molecule has 0 aromatic heterocycles. The number of ether oxygens (including phenoxy) is 3. The highest BCUT2D eigenvalue weighted by molar-refractivity contribution is 5.77. The van der Waals surface area contributed by atoms with Crippen molar-refractivity contribution in [1.29, 1.82) is 10.8 Å². The van der Waals surface area contributed by atoms with Crippen molar-refractivity contribution in [3.05, 3.63) is 59.2 Å². The molecule has 2 aliphatic rings. The van der Waals surface area contributed by atoms with Crippen LogP contribution in [0.1, 0.15) is 49.0 Å². The molecule has 4 rings (SSSR count). The highest BCUT2D eigenvalue weighted by atomic mass is 16.6. The van der Waals surface area contributed by atoms with E-state index in [0.29, 0.717) is 36.7 Å². The van der Waals surface area contributed by atoms with Gasteiger partial charge in [0, 0.05) is 44.6 Å². The minimum absolute atomic E-state index is 0.0488. The molecule has 2 aliphatic heterocycles. The normalized spacial score (nSPS) is 16.8. The van der Waals surface area contributed by atoms with Crippen molar-refractivity contribution in [2.45, 2.75) is 51.4 Å². The fourth-order valence-corrected chi connectivity index (χ4v) is 4.75. The van der Waals surface area contributed by atoms with Crippen molar-refractivity contribution in [3.63, 3.8) is 0 Å². The molecular weight excluding hydrogens is 472 g/mol. The number of guanidine groups is 2. The Morgan fingerprint density at radius 1 is 0.973 bits per heavy atom. The van der Waals surface area contributed by atoms with Gasteiger partial charge in [0.15, 0.2) is 11.9 Å². The molecular formula is C27H36N6O4. The molecule has 0 bridgehead atoms. The standard InChI is InChI=1S/C27H36N6O4/c1-2-35-25(34)24(37-23-10-5-18-4-3-13-33(27(30)31)17-20(18)16-23)19-6-8-21(9-7-19)36-22-11-14-32(15-12-22)26(28)29/h5-10,16,22,24H,2-4,11-15,17H2,1H3,(H3,28,29)(H3,30,31). The molecule has 37 heavy (non-hydrogen) atoms. The third-order valence-corrected chi connectivity index (χ3v) is 6.78. The quantitative estimate of drug-likeness (QED) is 0.253. The van der Waals surface area contributed by atoms with Crippen LogP contribution in [0.15, 0.2) is 42.5 Å². The average molecular weight is 509 g/mol. The SMILES string of the molecule is CCOC(=O)C(Oc1ccc2c(c1)CN(C(=N)N)CCC2)c1ccc(OC2CCN(C(=N)N)CC2)cc1. The summed E-state index contributed by atoms with van der Waals surface area (Å²) in [4.78, 5) is 16.5. The van der Waals surface area contributed by atoms with Gasteiger partial charge >= 0.3 is 5.97 Å². The van der Waals surface area contributed by atoms with Crippen LogP contribution in [0.25, 0.3) is 0 Å². The largest absolute Gasteiger partial charge is 0.490 e. The molecule has 1 saturated heterocycles. The Morgan fingerprint density at radius 2 is 1.65 bits per heavy atom. The minimum atomic E-state index is -0.930. The zero-order valence-corrected chi connectivity index (χ0v) is 21.2. The van der Waals surface area contributed by atoms with Crippen LogP contribution in [0.4, 0.5) is 0 Å². The number of nitrogens with two attached hydrogens (primary N) is 2. The molecule has 0 spiro atoms. The third-order valence-electron chi connectivity index (χ3n) is 6.78. The molecule has 0 saturated carbocycles. The predicted molar refractivity (Wildman–Crippen MR) is 141 cm³/mol. The molecule has 2 aromatic rings. The molecule has 6 N–H and O–H groups in total. The number of carbonyl (C=O) groups is 1. The maximum atomic E-state index is 12.9. The van der Waals surface area contributed by atoms with Gasteiger partial charge in [-0.1, -0.05) is 18.2 Å². The van der Waals surface area contributed by atoms with Gasteiger partial charge in [0.1, 0.15) is 17.6 Å². The Hall–Kier alpha value is -3.95. The van der Waals surface area contributed by atoms with Crippen molar-refractivity contribution in [2.24, 2.45) is 11.5 Å². The van der Waals surface area contributed by atoms with E-state index in [0.717, 1.165) is 37.8 Å². The zero-order valence-electron chi connectivity index (χ0n) is 21.2. The number of likely N-dealkylation sites (tertiary alicyclic amines) is 1. The van der Waals surface area contributed by atoms with Gasteiger partial charge in [-0.05, 0) is 55.2 Å². The lowest BCUT2D eigenvalue weighted by Crippen LogP contribution is -2.44. The minimum Gasteiger partial charge on any atom is -0.490 e. The van der Waals surface area contributed by atoms with Gasteiger partial charge in [-0.25, -0.2) is 4.79 Å². The van der Waals surface area contributed by atoms with Gasteiger partial charge in [0.05, 0.1) is 6.61 Å². The average Bonchev–Trinajstić information content (AvgIpc) is 3.11. The second kappa shape index (κ2) is 11.9. The predicted octanol–water partition coefficient (Wildman–Crippen LogP) is 2.75. The van der Waals surface area contributed by atoms with Crippen molar-refractivity contribution >= 4 is 17.9 Å². The van der Waals surface area contributed by atoms with Crippen LogP contribution in [-0.4, -0.2) is 60.0 Å². The molecule has 0 radical (unpaired) electrons. The second-order valence-corrected chi connectivity index (χ2v) is 9.35. The summed E-state index contributed by atoms with van der Waals surface area (Å²) in [5.41, 5.74) is 14.2. The topological polar surface area (TPSA) is 151 Å². The van der Waals surface area contributed by atoms with Crippen molar-refractivity contribution in [2.75, 3.05) is 26.2 Å². The Bertz CT molecular complexity index is 1110. The van der Waals surface area contributed by atoms with Crippen LogP contribution in [0.2, 0.25) is 0 Å². The summed E-state index contributed by atoms with van der Waals surface area (Å²) in [5.74, 6) is 0.948. The number of rotatable bonds is 7. The van der Waals surface area contributed by atoms with E-state index in [1.165, 1.54) is 5.56 Å². The molecule has 1 atom stereocenters. The van der Waals surface area contributed by atoms with E-state index in [9.17, 15) is 4.79 Å². The number of esters is 1. The zero-order chi connectivity index (χ0) is 26.4. The number of nitrogens with zero attached hydrogens (tertiary/aromatic N) is 2. The lowest BCUT2D eigenvalue weighted by Gasteiger charge is -2.32. The highest BCUT2D eigenvalue weighted by Crippen LogP contribution is 2.29. The number of benzene rings is 2. The van der Waals surface area contributed by atoms with Crippen molar-refractivity contribution in [1.82, 2.24) is 9.80 Å². The van der Waals surface area contributed by atoms with Gasteiger partial charge < -0.3 is 35.5 Å². The maximum absolute atomic E-state index is 12.9. The lowest BCUT2D eigenvalue weighted by molar-refractivity contribution is -0.151. The highest BCUT2D eigenvalue weighted by Gasteiger charge is 2.26. The van der Waals surface area contributed by atoms with Gasteiger partial charge in [-0.2, -0.15) is 0 Å². The van der Waals surface area contributed by atoms with E-state index >= 15 is 0 Å². The number of aryl methyl sites for hydroxylation is 1. The fraction of sp³-hybridized carbons (Fsp3) is 0.444. The van der Waals surface area contributed by atoms with Crippen LogP contribution in [0.5, 0.6) is 11.5 Å². The Balaban J connectivity index is 1.47. The number of hydrogen-bond acceptors (Lipinski definition) is 6. The van der Waals surface area contributed by atoms with Crippen LogP contribution >= 0.6 is 0 Å². The Labute approximate surface area is 217 Å². The van der Waals surface area contributed by atoms with Crippen LogP contribution in [0.3, 0.4) is 0 Å². The molecule has 1 unspecified atom stereocenters. The number of fused-ring (bicyclic) bond motifs is 1. The Kier molecular flexibility index (Phi) is 8.37. The molecule has 2 heterocycles. The monoisotopic (exact) mass is 508 g/mol. The number of nitrogens with one attached hydrogen (secondary N) is 2. The summed E-state index contributed by atoms with van der Waals surface area (Å²) in [6.07, 6.45) is 2.51. The lowest BCUT2D eigenvalue weighted by atomic mass is 10.0. The Morgan fingerprint density at radius 3 is 2.30 bits per heavy atom. The van der Waals surface area contributed by atoms with Gasteiger partial charge in [0.25, 0.3) is 0 Å². The molecule has 198 valence electrons. The van der Waals surface area contributed by atoms with E-state index in [-0.39, 0.29) is 24.6 Å². The summed E-state index contributed by atoms with van der Waals surface area (Å²) < 4.78 is 17.6. The summed E-state index contributed by atoms with van der Waals surface area (Å²) >= 11 is 0. The number of piperidine rings is 1. The first kappa shape index (κ1) is 26.1. The molecule has 2 aromatic carbocycles. The van der Waals surface area contributed by atoms with Crippen LogP contribution in [0, 0.1) is 10.8 Å². The fourth-order valence-electron chi connectivity index (χ4n) is 4.75. The summed E-state index contributed by atoms with van der Waals surface area (Å²) in [7, 11) is 0. The first-order valence-corrected chi connectivity index (χ1v) is 12.7. The first-order valence-electron chi connectivity index (χ1n) is 12.7. The molecule has 10 heteroatoms. The first-order chi connectivity index (χ1) is 17.8. The van der Waals surface area contributed by atoms with Crippen molar-refractivity contribution in [3.8, 4) is 11.5 Å². The van der Waals surface area contributed by atoms with Gasteiger partial charge in [0.2, 0.25) is 6.10 Å². The van der Waals surface area contributed by atoms with Crippen LogP contribution < -0.4 is 20.9 Å². The van der Waals surface area contributed by atoms with Crippen molar-refractivity contribution < 1.29 is 19.0 Å². The van der Waals surface area contributed by atoms with E-state index in [1.807, 2.05) is 52.3 Å². The summed E-state index contributed by atoms with van der Waals surface area (Å²) in [6.45, 7) is 4.67. The number of carbonyl (C=O) groups excluding carboxylic acids is 1. The molecule has 1 fully saturated rings. The maximum Gasteiger partial charge on any atom is 0.352 e. The summed E-state index contributed by atoms with van der Waals surface area (Å²) in [6, 6.07) is 13.1.